The predicted octanol–water partition coefficient (Wildman–Crippen LogP) is 3.17. The third-order valence-corrected chi connectivity index (χ3v) is 4.57. The molecule has 0 amide bonds. The summed E-state index contributed by atoms with van der Waals surface area (Å²) in [6.45, 7) is 4.50. The molecule has 24 heavy (non-hydrogen) atoms. The Bertz CT molecular complexity index is 683. The van der Waals surface area contributed by atoms with Gasteiger partial charge in [-0.3, -0.25) is 4.98 Å². The Morgan fingerprint density at radius 1 is 1.12 bits per heavy atom. The zero-order valence-corrected chi connectivity index (χ0v) is 14.3. The molecule has 1 aliphatic rings. The highest BCUT2D eigenvalue weighted by Gasteiger charge is 2.30. The molecule has 2 aromatic heterocycles. The normalized spacial score (nSPS) is 16.6. The largest absolute Gasteiger partial charge is 0.371 e. The van der Waals surface area contributed by atoms with Crippen molar-refractivity contribution < 1.29 is 5.11 Å². The molecular formula is C18H25N5O. The third-order valence-electron chi connectivity index (χ3n) is 4.57. The molecule has 0 bridgehead atoms. The molecule has 6 heteroatoms. The van der Waals surface area contributed by atoms with Gasteiger partial charge in [0.05, 0.1) is 12.2 Å². The lowest BCUT2D eigenvalue weighted by Crippen LogP contribution is -2.40. The summed E-state index contributed by atoms with van der Waals surface area (Å²) in [7, 11) is 0. The van der Waals surface area contributed by atoms with Crippen molar-refractivity contribution in [2.75, 3.05) is 10.6 Å². The number of anilines is 2. The first kappa shape index (κ1) is 16.6. The van der Waals surface area contributed by atoms with Crippen molar-refractivity contribution in [1.29, 1.82) is 0 Å². The van der Waals surface area contributed by atoms with Crippen LogP contribution in [0.15, 0.2) is 24.4 Å². The van der Waals surface area contributed by atoms with Gasteiger partial charge < -0.3 is 15.7 Å². The van der Waals surface area contributed by atoms with E-state index in [-0.39, 0.29) is 0 Å². The second kappa shape index (κ2) is 7.13. The number of nitrogens with one attached hydrogen (secondary N) is 2. The number of nitrogens with zero attached hydrogens (tertiary/aromatic N) is 3. The van der Waals surface area contributed by atoms with Gasteiger partial charge in [-0.2, -0.15) is 4.98 Å². The number of pyridine rings is 1. The Balaban J connectivity index is 1.75. The van der Waals surface area contributed by atoms with Crippen molar-refractivity contribution in [1.82, 2.24) is 15.0 Å². The first-order chi connectivity index (χ1) is 11.6. The van der Waals surface area contributed by atoms with E-state index in [9.17, 15) is 5.11 Å². The van der Waals surface area contributed by atoms with Gasteiger partial charge in [0, 0.05) is 17.5 Å². The Morgan fingerprint density at radius 2 is 1.92 bits per heavy atom. The summed E-state index contributed by atoms with van der Waals surface area (Å²) in [5.74, 6) is 1.25. The lowest BCUT2D eigenvalue weighted by molar-refractivity contribution is 0.0312. The van der Waals surface area contributed by atoms with Crippen molar-refractivity contribution in [2.45, 2.75) is 58.2 Å². The van der Waals surface area contributed by atoms with Gasteiger partial charge in [0.1, 0.15) is 11.5 Å². The van der Waals surface area contributed by atoms with Crippen LogP contribution >= 0.6 is 0 Å². The SMILES string of the molecule is Cc1nc(NCc2ccccn2)nc(NC2(O)CCCCC2)c1C. The Hall–Kier alpha value is -2.21. The van der Waals surface area contributed by atoms with Crippen molar-refractivity contribution in [2.24, 2.45) is 0 Å². The zero-order chi connectivity index (χ0) is 17.0. The fourth-order valence-electron chi connectivity index (χ4n) is 2.98. The molecular weight excluding hydrogens is 302 g/mol. The summed E-state index contributed by atoms with van der Waals surface area (Å²) < 4.78 is 0. The molecule has 3 rings (SSSR count). The topological polar surface area (TPSA) is 83.0 Å². The quantitative estimate of drug-likeness (QED) is 0.732. The van der Waals surface area contributed by atoms with Gasteiger partial charge >= 0.3 is 0 Å². The van der Waals surface area contributed by atoms with Gasteiger partial charge in [0.15, 0.2) is 0 Å². The van der Waals surface area contributed by atoms with Crippen LogP contribution in [0.4, 0.5) is 11.8 Å². The van der Waals surface area contributed by atoms with E-state index in [1.807, 2.05) is 32.0 Å². The molecule has 0 aliphatic heterocycles. The maximum atomic E-state index is 10.7. The monoisotopic (exact) mass is 327 g/mol. The standard InChI is InChI=1S/C18H25N5O/c1-13-14(2)21-17(20-12-15-8-4-7-11-19-15)22-16(13)23-18(24)9-5-3-6-10-18/h4,7-8,11,24H,3,5-6,9-10,12H2,1-2H3,(H2,20,21,22,23). The van der Waals surface area contributed by atoms with Crippen LogP contribution in [0.1, 0.15) is 49.1 Å². The van der Waals surface area contributed by atoms with E-state index in [0.29, 0.717) is 18.3 Å². The van der Waals surface area contributed by atoms with Crippen LogP contribution in [0, 0.1) is 13.8 Å². The molecule has 128 valence electrons. The number of rotatable bonds is 5. The summed E-state index contributed by atoms with van der Waals surface area (Å²) >= 11 is 0. The minimum absolute atomic E-state index is 0.547. The van der Waals surface area contributed by atoms with E-state index >= 15 is 0 Å². The molecule has 3 N–H and O–H groups in total. The lowest BCUT2D eigenvalue weighted by atomic mass is 9.91. The first-order valence-corrected chi connectivity index (χ1v) is 8.55. The second-order valence-electron chi connectivity index (χ2n) is 6.50. The highest BCUT2D eigenvalue weighted by Crippen LogP contribution is 2.30. The van der Waals surface area contributed by atoms with Crippen LogP contribution in [0.3, 0.4) is 0 Å². The Morgan fingerprint density at radius 3 is 2.62 bits per heavy atom. The van der Waals surface area contributed by atoms with E-state index in [1.54, 1.807) is 6.20 Å². The molecule has 0 atom stereocenters. The number of hydrogen-bond acceptors (Lipinski definition) is 6. The van der Waals surface area contributed by atoms with Crippen molar-refractivity contribution >= 4 is 11.8 Å². The maximum absolute atomic E-state index is 10.7. The van der Waals surface area contributed by atoms with E-state index in [0.717, 1.165) is 42.6 Å². The molecule has 0 unspecified atom stereocenters. The lowest BCUT2D eigenvalue weighted by Gasteiger charge is -2.34. The van der Waals surface area contributed by atoms with Gasteiger partial charge in [-0.1, -0.05) is 12.5 Å². The minimum atomic E-state index is -0.859. The Kier molecular flexibility index (Phi) is 4.94. The van der Waals surface area contributed by atoms with Crippen molar-refractivity contribution in [3.8, 4) is 0 Å². The van der Waals surface area contributed by atoms with Crippen molar-refractivity contribution in [3.63, 3.8) is 0 Å². The summed E-state index contributed by atoms with van der Waals surface area (Å²) in [5.41, 5.74) is 1.94. The first-order valence-electron chi connectivity index (χ1n) is 8.55. The number of aliphatic hydroxyl groups is 1. The van der Waals surface area contributed by atoms with Crippen LogP contribution in [-0.2, 0) is 6.54 Å². The minimum Gasteiger partial charge on any atom is -0.371 e. The highest BCUT2D eigenvalue weighted by atomic mass is 16.3. The number of aromatic nitrogens is 3. The average molecular weight is 327 g/mol. The van der Waals surface area contributed by atoms with Crippen molar-refractivity contribution in [3.05, 3.63) is 41.3 Å². The fourth-order valence-corrected chi connectivity index (χ4v) is 2.98. The van der Waals surface area contributed by atoms with Gasteiger partial charge in [-0.15, -0.1) is 0 Å². The van der Waals surface area contributed by atoms with Gasteiger partial charge in [0.25, 0.3) is 0 Å². The van der Waals surface area contributed by atoms with Gasteiger partial charge in [0.2, 0.25) is 5.95 Å². The molecule has 0 saturated heterocycles. The van der Waals surface area contributed by atoms with Gasteiger partial charge in [-0.25, -0.2) is 4.98 Å². The second-order valence-corrected chi connectivity index (χ2v) is 6.50. The summed E-state index contributed by atoms with van der Waals surface area (Å²) in [6, 6.07) is 5.80. The van der Waals surface area contributed by atoms with Crippen LogP contribution < -0.4 is 10.6 Å². The number of aryl methyl sites for hydroxylation is 1. The average Bonchev–Trinajstić information content (AvgIpc) is 2.58. The predicted molar refractivity (Wildman–Crippen MR) is 94.7 cm³/mol. The van der Waals surface area contributed by atoms with Crippen LogP contribution in [0.25, 0.3) is 0 Å². The Labute approximate surface area is 142 Å². The summed E-state index contributed by atoms with van der Waals surface area (Å²) in [6.07, 6.45) is 6.54. The molecule has 2 aromatic rings. The molecule has 0 spiro atoms. The molecule has 0 aromatic carbocycles. The molecule has 1 aliphatic carbocycles. The summed E-state index contributed by atoms with van der Waals surface area (Å²) in [5, 5.41) is 17.2. The summed E-state index contributed by atoms with van der Waals surface area (Å²) in [4.78, 5) is 13.3. The maximum Gasteiger partial charge on any atom is 0.225 e. The molecule has 6 nitrogen and oxygen atoms in total. The van der Waals surface area contributed by atoms with E-state index in [4.69, 9.17) is 0 Å². The van der Waals surface area contributed by atoms with Crippen LogP contribution in [0.2, 0.25) is 0 Å². The van der Waals surface area contributed by atoms with E-state index in [1.165, 1.54) is 6.42 Å². The van der Waals surface area contributed by atoms with E-state index < -0.39 is 5.72 Å². The fraction of sp³-hybridized carbons (Fsp3) is 0.500. The third kappa shape index (κ3) is 4.00. The zero-order valence-electron chi connectivity index (χ0n) is 14.3. The van der Waals surface area contributed by atoms with Crippen LogP contribution in [0.5, 0.6) is 0 Å². The van der Waals surface area contributed by atoms with Gasteiger partial charge in [-0.05, 0) is 51.7 Å². The number of hydrogen-bond donors (Lipinski definition) is 3. The molecule has 0 radical (unpaired) electrons. The highest BCUT2D eigenvalue weighted by molar-refractivity contribution is 5.51. The molecule has 1 fully saturated rings. The van der Waals surface area contributed by atoms with Crippen LogP contribution in [-0.4, -0.2) is 25.8 Å². The smallest absolute Gasteiger partial charge is 0.225 e. The molecule has 2 heterocycles. The molecule has 1 saturated carbocycles. The van der Waals surface area contributed by atoms with E-state index in [2.05, 4.69) is 25.6 Å².